The number of esters is 2. The lowest BCUT2D eigenvalue weighted by Gasteiger charge is -2.46. The van der Waals surface area contributed by atoms with Crippen LogP contribution >= 0.6 is 0 Å². The number of rotatable bonds is 9. The van der Waals surface area contributed by atoms with Gasteiger partial charge in [0, 0.05) is 25.2 Å². The Morgan fingerprint density at radius 3 is 2.06 bits per heavy atom. The highest BCUT2D eigenvalue weighted by molar-refractivity contribution is 6.99. The van der Waals surface area contributed by atoms with Gasteiger partial charge in [0.2, 0.25) is 6.29 Å². The van der Waals surface area contributed by atoms with Crippen LogP contribution in [0.5, 0.6) is 0 Å². The van der Waals surface area contributed by atoms with Gasteiger partial charge in [0.25, 0.3) is 8.32 Å². The molecule has 0 bridgehead atoms. The molecule has 1 saturated heterocycles. The van der Waals surface area contributed by atoms with Crippen LogP contribution in [-0.2, 0) is 28.2 Å². The fourth-order valence-corrected chi connectivity index (χ4v) is 9.41. The lowest BCUT2D eigenvalue weighted by atomic mass is 10.1. The molecule has 4 atom stereocenters. The molecular formula is C26H33N3O6Si. The molecule has 0 aromatic heterocycles. The summed E-state index contributed by atoms with van der Waals surface area (Å²) in [6.45, 7) is 8.88. The molecule has 3 rings (SSSR count). The van der Waals surface area contributed by atoms with Gasteiger partial charge in [-0.3, -0.25) is 9.59 Å². The second-order valence-corrected chi connectivity index (χ2v) is 14.0. The van der Waals surface area contributed by atoms with Crippen molar-refractivity contribution in [3.63, 3.8) is 0 Å². The van der Waals surface area contributed by atoms with Crippen molar-refractivity contribution in [3.8, 4) is 0 Å². The molecular weight excluding hydrogens is 478 g/mol. The van der Waals surface area contributed by atoms with Gasteiger partial charge in [-0.25, -0.2) is 0 Å². The molecule has 1 fully saturated rings. The molecule has 9 nitrogen and oxygen atoms in total. The summed E-state index contributed by atoms with van der Waals surface area (Å²) < 4.78 is 23.9. The van der Waals surface area contributed by atoms with Crippen LogP contribution in [0.25, 0.3) is 10.4 Å². The topological polar surface area (TPSA) is 120 Å². The van der Waals surface area contributed by atoms with Crippen molar-refractivity contribution in [1.82, 2.24) is 0 Å². The maximum atomic E-state index is 11.8. The number of hydrogen-bond donors (Lipinski definition) is 0. The first-order chi connectivity index (χ1) is 17.1. The minimum Gasteiger partial charge on any atom is -0.463 e. The summed E-state index contributed by atoms with van der Waals surface area (Å²) in [5.74, 6) is -0.981. The zero-order chi connectivity index (χ0) is 26.3. The number of azide groups is 1. The Balaban J connectivity index is 2.15. The summed E-state index contributed by atoms with van der Waals surface area (Å²) in [5.41, 5.74) is 9.21. The number of benzene rings is 2. The van der Waals surface area contributed by atoms with E-state index in [2.05, 4.69) is 55.1 Å². The third kappa shape index (κ3) is 6.14. The highest BCUT2D eigenvalue weighted by Gasteiger charge is 2.54. The SMILES string of the molecule is CC(=O)OC[C@@H](O[Si](c1ccccc1)(c1ccccc1)C(C)(C)C)[C@H]1O[C@@H](OC(C)=O)C[C@@H]1N=[N+]=[N-]. The Hall–Kier alpha value is -3.17. The van der Waals surface area contributed by atoms with Gasteiger partial charge in [-0.1, -0.05) is 86.5 Å². The molecule has 0 aliphatic carbocycles. The normalized spacial score (nSPS) is 20.8. The van der Waals surface area contributed by atoms with Crippen LogP contribution in [0.3, 0.4) is 0 Å². The third-order valence-corrected chi connectivity index (χ3v) is 11.2. The fourth-order valence-electron chi connectivity index (χ4n) is 4.74. The summed E-state index contributed by atoms with van der Waals surface area (Å²) in [4.78, 5) is 26.4. The molecule has 0 amide bonds. The van der Waals surface area contributed by atoms with E-state index in [9.17, 15) is 15.1 Å². The minimum absolute atomic E-state index is 0.116. The van der Waals surface area contributed by atoms with Crippen molar-refractivity contribution < 1.29 is 28.2 Å². The highest BCUT2D eigenvalue weighted by atomic mass is 28.4. The standard InChI is InChI=1S/C26H33N3O6Si/c1-18(30)32-17-23(25-22(28-29-27)16-24(34-25)33-19(2)31)35-36(26(3,4)5,20-12-8-6-9-13-20)21-14-10-7-11-15-21/h6-15,22-25H,16-17H2,1-5H3/t22-,23+,24+,25-/m0/s1. The van der Waals surface area contributed by atoms with E-state index in [-0.39, 0.29) is 18.1 Å². The Labute approximate surface area is 212 Å². The summed E-state index contributed by atoms with van der Waals surface area (Å²) >= 11 is 0. The molecule has 2 aromatic rings. The Morgan fingerprint density at radius 2 is 1.61 bits per heavy atom. The largest absolute Gasteiger partial charge is 0.463 e. The van der Waals surface area contributed by atoms with Crippen molar-refractivity contribution in [2.45, 2.75) is 70.6 Å². The quantitative estimate of drug-likeness (QED) is 0.166. The van der Waals surface area contributed by atoms with Gasteiger partial charge in [-0.2, -0.15) is 0 Å². The molecule has 1 heterocycles. The smallest absolute Gasteiger partial charge is 0.304 e. The molecule has 192 valence electrons. The van der Waals surface area contributed by atoms with Crippen LogP contribution in [-0.4, -0.2) is 51.4 Å². The maximum Gasteiger partial charge on any atom is 0.304 e. The number of ether oxygens (including phenoxy) is 3. The Morgan fingerprint density at radius 1 is 1.06 bits per heavy atom. The zero-order valence-corrected chi connectivity index (χ0v) is 22.3. The van der Waals surface area contributed by atoms with E-state index in [0.717, 1.165) is 10.4 Å². The average molecular weight is 512 g/mol. The van der Waals surface area contributed by atoms with Gasteiger partial charge in [-0.05, 0) is 20.9 Å². The molecule has 0 radical (unpaired) electrons. The summed E-state index contributed by atoms with van der Waals surface area (Å²) in [6.07, 6.45) is -2.32. The predicted octanol–water partition coefficient (Wildman–Crippen LogP) is 3.85. The van der Waals surface area contributed by atoms with Crippen molar-refractivity contribution in [2.24, 2.45) is 5.11 Å². The second kappa shape index (κ2) is 11.7. The lowest BCUT2D eigenvalue weighted by Crippen LogP contribution is -2.69. The zero-order valence-electron chi connectivity index (χ0n) is 21.3. The molecule has 36 heavy (non-hydrogen) atoms. The van der Waals surface area contributed by atoms with E-state index in [1.54, 1.807) is 0 Å². The monoisotopic (exact) mass is 511 g/mol. The van der Waals surface area contributed by atoms with Crippen molar-refractivity contribution >= 4 is 30.6 Å². The molecule has 1 aliphatic rings. The first-order valence-corrected chi connectivity index (χ1v) is 13.8. The van der Waals surface area contributed by atoms with Crippen LogP contribution in [0.4, 0.5) is 0 Å². The van der Waals surface area contributed by atoms with Crippen LogP contribution in [0.2, 0.25) is 5.04 Å². The lowest BCUT2D eigenvalue weighted by molar-refractivity contribution is -0.180. The maximum absolute atomic E-state index is 11.8. The molecule has 0 saturated carbocycles. The minimum atomic E-state index is -3.07. The van der Waals surface area contributed by atoms with Crippen molar-refractivity contribution in [1.29, 1.82) is 0 Å². The van der Waals surface area contributed by atoms with Crippen LogP contribution in [0, 0.1) is 0 Å². The van der Waals surface area contributed by atoms with Crippen molar-refractivity contribution in [3.05, 3.63) is 71.1 Å². The van der Waals surface area contributed by atoms with Crippen LogP contribution < -0.4 is 10.4 Å². The van der Waals surface area contributed by atoms with Gasteiger partial charge in [0.1, 0.15) is 12.7 Å². The summed E-state index contributed by atoms with van der Waals surface area (Å²) in [6, 6.07) is 19.3. The van der Waals surface area contributed by atoms with Gasteiger partial charge >= 0.3 is 11.9 Å². The number of carbonyl (C=O) groups excluding carboxylic acids is 2. The molecule has 0 unspecified atom stereocenters. The van der Waals surface area contributed by atoms with E-state index in [1.807, 2.05) is 36.4 Å². The second-order valence-electron chi connectivity index (χ2n) is 9.77. The molecule has 10 heteroatoms. The number of nitrogens with zero attached hydrogens (tertiary/aromatic N) is 3. The van der Waals surface area contributed by atoms with Gasteiger partial charge < -0.3 is 18.6 Å². The summed E-state index contributed by atoms with van der Waals surface area (Å²) in [7, 11) is -3.07. The van der Waals surface area contributed by atoms with Crippen LogP contribution in [0.15, 0.2) is 65.8 Å². The third-order valence-electron chi connectivity index (χ3n) is 6.18. The summed E-state index contributed by atoms with van der Waals surface area (Å²) in [5, 5.41) is 5.62. The van der Waals surface area contributed by atoms with Gasteiger partial charge in [0.15, 0.2) is 0 Å². The molecule has 1 aliphatic heterocycles. The van der Waals surface area contributed by atoms with E-state index < -0.39 is 44.8 Å². The van der Waals surface area contributed by atoms with E-state index >= 15 is 0 Å². The van der Waals surface area contributed by atoms with Gasteiger partial charge in [0.05, 0.1) is 12.1 Å². The van der Waals surface area contributed by atoms with E-state index in [0.29, 0.717) is 0 Å². The number of hydrogen-bond acceptors (Lipinski definition) is 7. The predicted molar refractivity (Wildman–Crippen MR) is 137 cm³/mol. The highest BCUT2D eigenvalue weighted by Crippen LogP contribution is 2.39. The van der Waals surface area contributed by atoms with Crippen molar-refractivity contribution in [2.75, 3.05) is 6.61 Å². The molecule has 0 spiro atoms. The van der Waals surface area contributed by atoms with E-state index in [4.69, 9.17) is 18.6 Å². The van der Waals surface area contributed by atoms with Crippen LogP contribution in [0.1, 0.15) is 41.0 Å². The first-order valence-electron chi connectivity index (χ1n) is 11.9. The van der Waals surface area contributed by atoms with Gasteiger partial charge in [-0.15, -0.1) is 0 Å². The Kier molecular flexibility index (Phi) is 8.92. The average Bonchev–Trinajstić information content (AvgIpc) is 3.21. The molecule has 2 aromatic carbocycles. The fraction of sp³-hybridized carbons (Fsp3) is 0.462. The Bertz CT molecular complexity index is 1050. The number of carbonyl (C=O) groups is 2. The molecule has 0 N–H and O–H groups in total. The first kappa shape index (κ1) is 27.4. The van der Waals surface area contributed by atoms with E-state index in [1.165, 1.54) is 13.8 Å².